The minimum absolute atomic E-state index is 0.443. The Hall–Kier alpha value is -0.420. The molecule has 2 rings (SSSR count). The largest absolute Gasteiger partial charge is 0.381 e. The summed E-state index contributed by atoms with van der Waals surface area (Å²) in [7, 11) is -0.588. The first-order valence-electron chi connectivity index (χ1n) is 4.96. The standard InChI is InChI=1S/C10H13BrN2OS/c11-8-5-10(7-12-6-8)13-9-1-3-15(14)4-2-9/h5-7,9,13H,1-4H2. The van der Waals surface area contributed by atoms with Gasteiger partial charge in [-0.2, -0.15) is 0 Å². The molecule has 1 aliphatic heterocycles. The fourth-order valence-corrected chi connectivity index (χ4v) is 3.33. The number of aromatic nitrogens is 1. The number of nitrogens with one attached hydrogen (secondary N) is 1. The normalized spacial score (nSPS) is 26.2. The van der Waals surface area contributed by atoms with Gasteiger partial charge in [-0.05, 0) is 34.8 Å². The zero-order valence-electron chi connectivity index (χ0n) is 8.28. The number of nitrogens with zero attached hydrogens (tertiary/aromatic N) is 1. The zero-order chi connectivity index (χ0) is 10.7. The van der Waals surface area contributed by atoms with E-state index in [4.69, 9.17) is 0 Å². The molecular formula is C10H13BrN2OS. The Morgan fingerprint density at radius 2 is 2.13 bits per heavy atom. The van der Waals surface area contributed by atoms with Crippen molar-refractivity contribution >= 4 is 32.4 Å². The molecule has 0 saturated carbocycles. The van der Waals surface area contributed by atoms with Gasteiger partial charge in [0, 0.05) is 39.0 Å². The van der Waals surface area contributed by atoms with Crippen molar-refractivity contribution in [3.8, 4) is 0 Å². The van der Waals surface area contributed by atoms with E-state index < -0.39 is 10.8 Å². The molecule has 0 unspecified atom stereocenters. The van der Waals surface area contributed by atoms with Crippen molar-refractivity contribution in [2.24, 2.45) is 0 Å². The molecule has 2 heterocycles. The predicted molar refractivity (Wildman–Crippen MR) is 66.5 cm³/mol. The molecule has 0 amide bonds. The summed E-state index contributed by atoms with van der Waals surface area (Å²) in [5, 5.41) is 3.42. The van der Waals surface area contributed by atoms with Crippen molar-refractivity contribution in [1.29, 1.82) is 0 Å². The van der Waals surface area contributed by atoms with E-state index in [2.05, 4.69) is 26.2 Å². The SMILES string of the molecule is O=S1CCC(Nc2cncc(Br)c2)CC1. The fourth-order valence-electron chi connectivity index (χ4n) is 1.66. The monoisotopic (exact) mass is 288 g/mol. The van der Waals surface area contributed by atoms with Gasteiger partial charge in [0.25, 0.3) is 0 Å². The molecule has 1 saturated heterocycles. The summed E-state index contributed by atoms with van der Waals surface area (Å²) in [4.78, 5) is 4.10. The molecule has 0 radical (unpaired) electrons. The number of hydrogen-bond donors (Lipinski definition) is 1. The Labute approximate surface area is 100 Å². The lowest BCUT2D eigenvalue weighted by molar-refractivity contribution is 0.624. The molecule has 1 aromatic heterocycles. The van der Waals surface area contributed by atoms with Crippen LogP contribution in [0.5, 0.6) is 0 Å². The third-order valence-corrected chi connectivity index (χ3v) is 4.28. The van der Waals surface area contributed by atoms with Crippen LogP contribution in [0.25, 0.3) is 0 Å². The summed E-state index contributed by atoms with van der Waals surface area (Å²) in [6.07, 6.45) is 5.55. The van der Waals surface area contributed by atoms with E-state index in [1.807, 2.05) is 12.3 Å². The molecule has 1 fully saturated rings. The maximum atomic E-state index is 11.2. The van der Waals surface area contributed by atoms with Crippen LogP contribution in [0.1, 0.15) is 12.8 Å². The summed E-state index contributed by atoms with van der Waals surface area (Å²) in [6, 6.07) is 2.46. The second-order valence-corrected chi connectivity index (χ2v) is 6.27. The van der Waals surface area contributed by atoms with E-state index in [0.717, 1.165) is 34.5 Å². The molecule has 1 aromatic rings. The molecule has 0 bridgehead atoms. The van der Waals surface area contributed by atoms with Gasteiger partial charge in [0.1, 0.15) is 0 Å². The van der Waals surface area contributed by atoms with Crippen LogP contribution < -0.4 is 5.32 Å². The van der Waals surface area contributed by atoms with Crippen LogP contribution in [0.15, 0.2) is 22.9 Å². The molecule has 0 spiro atoms. The van der Waals surface area contributed by atoms with Crippen LogP contribution >= 0.6 is 15.9 Å². The van der Waals surface area contributed by atoms with Gasteiger partial charge in [-0.15, -0.1) is 0 Å². The highest BCUT2D eigenvalue weighted by Crippen LogP contribution is 2.18. The lowest BCUT2D eigenvalue weighted by atomic mass is 10.1. The molecule has 1 N–H and O–H groups in total. The predicted octanol–water partition coefficient (Wildman–Crippen LogP) is 2.17. The fraction of sp³-hybridized carbons (Fsp3) is 0.500. The maximum absolute atomic E-state index is 11.2. The highest BCUT2D eigenvalue weighted by atomic mass is 79.9. The molecule has 0 aliphatic carbocycles. The minimum atomic E-state index is -0.588. The van der Waals surface area contributed by atoms with Crippen LogP contribution in [-0.4, -0.2) is 26.7 Å². The average molecular weight is 289 g/mol. The van der Waals surface area contributed by atoms with Crippen molar-refractivity contribution in [1.82, 2.24) is 4.98 Å². The van der Waals surface area contributed by atoms with Crippen LogP contribution in [0, 0.1) is 0 Å². The summed E-state index contributed by atoms with van der Waals surface area (Å²) >= 11 is 3.39. The maximum Gasteiger partial charge on any atom is 0.0540 e. The molecule has 15 heavy (non-hydrogen) atoms. The quantitative estimate of drug-likeness (QED) is 0.907. The van der Waals surface area contributed by atoms with E-state index in [0.29, 0.717) is 6.04 Å². The van der Waals surface area contributed by atoms with Gasteiger partial charge < -0.3 is 5.32 Å². The Morgan fingerprint density at radius 3 is 2.80 bits per heavy atom. The molecular weight excluding hydrogens is 276 g/mol. The zero-order valence-corrected chi connectivity index (χ0v) is 10.7. The van der Waals surface area contributed by atoms with Gasteiger partial charge in [0.15, 0.2) is 0 Å². The van der Waals surface area contributed by atoms with E-state index in [1.54, 1.807) is 6.20 Å². The Bertz CT molecular complexity index is 362. The van der Waals surface area contributed by atoms with Crippen LogP contribution in [0.4, 0.5) is 5.69 Å². The van der Waals surface area contributed by atoms with Gasteiger partial charge >= 0.3 is 0 Å². The number of pyridine rings is 1. The summed E-state index contributed by atoms with van der Waals surface area (Å²) in [5.74, 6) is 1.64. The van der Waals surface area contributed by atoms with Crippen molar-refractivity contribution in [2.75, 3.05) is 16.8 Å². The second kappa shape index (κ2) is 5.07. The van der Waals surface area contributed by atoms with Gasteiger partial charge in [-0.25, -0.2) is 0 Å². The van der Waals surface area contributed by atoms with E-state index in [1.165, 1.54) is 0 Å². The Balaban J connectivity index is 1.94. The lowest BCUT2D eigenvalue weighted by Gasteiger charge is -2.23. The lowest BCUT2D eigenvalue weighted by Crippen LogP contribution is -2.29. The average Bonchev–Trinajstić information content (AvgIpc) is 2.22. The first kappa shape index (κ1) is 11.1. The van der Waals surface area contributed by atoms with Gasteiger partial charge in [0.05, 0.1) is 11.9 Å². The van der Waals surface area contributed by atoms with Crippen molar-refractivity contribution in [3.05, 3.63) is 22.9 Å². The summed E-state index contributed by atoms with van der Waals surface area (Å²) in [6.45, 7) is 0. The van der Waals surface area contributed by atoms with Crippen molar-refractivity contribution in [2.45, 2.75) is 18.9 Å². The van der Waals surface area contributed by atoms with Gasteiger partial charge in [0.2, 0.25) is 0 Å². The van der Waals surface area contributed by atoms with E-state index in [-0.39, 0.29) is 0 Å². The third kappa shape index (κ3) is 3.28. The highest BCUT2D eigenvalue weighted by Gasteiger charge is 2.17. The summed E-state index contributed by atoms with van der Waals surface area (Å²) < 4.78 is 12.2. The third-order valence-electron chi connectivity index (χ3n) is 2.46. The molecule has 1 aliphatic rings. The first-order chi connectivity index (χ1) is 7.24. The molecule has 5 heteroatoms. The summed E-state index contributed by atoms with van der Waals surface area (Å²) in [5.41, 5.74) is 1.03. The highest BCUT2D eigenvalue weighted by molar-refractivity contribution is 9.10. The van der Waals surface area contributed by atoms with Gasteiger partial charge in [-0.1, -0.05) is 0 Å². The number of halogens is 1. The molecule has 0 aromatic carbocycles. The van der Waals surface area contributed by atoms with Crippen LogP contribution in [-0.2, 0) is 10.8 Å². The topological polar surface area (TPSA) is 42.0 Å². The van der Waals surface area contributed by atoms with Crippen LogP contribution in [0.2, 0.25) is 0 Å². The second-order valence-electron chi connectivity index (χ2n) is 3.66. The molecule has 0 atom stereocenters. The smallest absolute Gasteiger partial charge is 0.0540 e. The number of rotatable bonds is 2. The Morgan fingerprint density at radius 1 is 1.40 bits per heavy atom. The van der Waals surface area contributed by atoms with Gasteiger partial charge in [-0.3, -0.25) is 9.19 Å². The first-order valence-corrected chi connectivity index (χ1v) is 7.24. The molecule has 3 nitrogen and oxygen atoms in total. The van der Waals surface area contributed by atoms with Crippen molar-refractivity contribution in [3.63, 3.8) is 0 Å². The van der Waals surface area contributed by atoms with E-state index in [9.17, 15) is 4.21 Å². The molecule has 82 valence electrons. The number of hydrogen-bond acceptors (Lipinski definition) is 3. The number of anilines is 1. The van der Waals surface area contributed by atoms with Crippen LogP contribution in [0.3, 0.4) is 0 Å². The van der Waals surface area contributed by atoms with E-state index >= 15 is 0 Å². The minimum Gasteiger partial charge on any atom is -0.381 e. The Kier molecular flexibility index (Phi) is 3.75. The van der Waals surface area contributed by atoms with Crippen molar-refractivity contribution < 1.29 is 4.21 Å².